The molecule has 0 aromatic heterocycles. The number of unbranched alkanes of at least 4 members (excludes halogenated alkanes) is 2. The third-order valence-electron chi connectivity index (χ3n) is 8.61. The molecule has 0 amide bonds. The van der Waals surface area contributed by atoms with E-state index in [2.05, 4.69) is 113 Å². The summed E-state index contributed by atoms with van der Waals surface area (Å²) >= 11 is 0. The second kappa shape index (κ2) is 17.2. The average molecular weight is 642 g/mol. The van der Waals surface area contributed by atoms with Crippen LogP contribution in [0.3, 0.4) is 0 Å². The molecule has 0 aliphatic heterocycles. The molecule has 0 saturated heterocycles. The fraction of sp³-hybridized carbons (Fsp3) is 0.415. The Kier molecular flexibility index (Phi) is 13.4. The van der Waals surface area contributed by atoms with E-state index in [1.807, 2.05) is 6.07 Å². The summed E-state index contributed by atoms with van der Waals surface area (Å²) in [5, 5.41) is 4.64. The molecule has 0 aliphatic carbocycles. The zero-order valence-corrected chi connectivity index (χ0v) is 29.7. The molecule has 1 N–H and O–H groups in total. The van der Waals surface area contributed by atoms with Gasteiger partial charge in [-0.3, -0.25) is 0 Å². The van der Waals surface area contributed by atoms with Crippen molar-refractivity contribution in [3.05, 3.63) is 130 Å². The minimum absolute atomic E-state index is 0.0745. The molecule has 4 aromatic rings. The normalized spacial score (nSPS) is 13.3. The Labute approximate surface area is 279 Å². The van der Waals surface area contributed by atoms with Gasteiger partial charge in [-0.15, -0.1) is 0 Å². The van der Waals surface area contributed by atoms with Gasteiger partial charge in [-0.1, -0.05) is 121 Å². The maximum Gasteiger partial charge on any atom is 0.188 e. The third kappa shape index (κ3) is 10.2. The van der Waals surface area contributed by atoms with Crippen LogP contribution < -0.4 is 15.4 Å². The Hall–Kier alpha value is -3.04. The minimum Gasteiger partial charge on any atom is -0.467 e. The molecular formula is C41H53FNO2P. The van der Waals surface area contributed by atoms with Crippen LogP contribution in [-0.2, 0) is 29.3 Å². The maximum atomic E-state index is 14.7. The summed E-state index contributed by atoms with van der Waals surface area (Å²) in [4.78, 5) is 0. The summed E-state index contributed by atoms with van der Waals surface area (Å²) in [7, 11) is 2.13. The van der Waals surface area contributed by atoms with Crippen molar-refractivity contribution in [1.82, 2.24) is 5.32 Å². The average Bonchev–Trinajstić information content (AvgIpc) is 3.04. The first-order valence-electron chi connectivity index (χ1n) is 16.8. The number of methoxy groups -OCH3 is 1. The maximum absolute atomic E-state index is 14.7. The van der Waals surface area contributed by atoms with Gasteiger partial charge in [0.05, 0.1) is 0 Å². The van der Waals surface area contributed by atoms with Gasteiger partial charge in [0.2, 0.25) is 0 Å². The highest BCUT2D eigenvalue weighted by Crippen LogP contribution is 2.53. The quantitative estimate of drug-likeness (QED) is 0.0707. The van der Waals surface area contributed by atoms with E-state index < -0.39 is 0 Å². The predicted molar refractivity (Wildman–Crippen MR) is 194 cm³/mol. The lowest BCUT2D eigenvalue weighted by molar-refractivity contribution is 0.0492. The molecule has 0 saturated carbocycles. The highest BCUT2D eigenvalue weighted by Gasteiger charge is 2.36. The zero-order chi connectivity index (χ0) is 33.0. The number of nitrogens with one attached hydrogen (secondary N) is 1. The highest BCUT2D eigenvalue weighted by atomic mass is 31.1. The van der Waals surface area contributed by atoms with E-state index in [1.54, 1.807) is 19.2 Å². The first-order chi connectivity index (χ1) is 22.2. The summed E-state index contributed by atoms with van der Waals surface area (Å²) < 4.78 is 26.8. The second-order valence-electron chi connectivity index (χ2n) is 13.4. The molecule has 2 unspecified atom stereocenters. The Morgan fingerprint density at radius 3 is 2.04 bits per heavy atom. The van der Waals surface area contributed by atoms with Crippen molar-refractivity contribution in [3.8, 4) is 5.75 Å². The molecule has 246 valence electrons. The topological polar surface area (TPSA) is 30.5 Å². The molecule has 5 heteroatoms. The van der Waals surface area contributed by atoms with Crippen molar-refractivity contribution in [2.24, 2.45) is 0 Å². The van der Waals surface area contributed by atoms with E-state index in [-0.39, 0.29) is 23.3 Å². The Morgan fingerprint density at radius 2 is 1.43 bits per heavy atom. The molecule has 3 nitrogen and oxygen atoms in total. The highest BCUT2D eigenvalue weighted by molar-refractivity contribution is 7.48. The lowest BCUT2D eigenvalue weighted by Gasteiger charge is -2.37. The molecule has 0 aliphatic rings. The van der Waals surface area contributed by atoms with E-state index in [0.29, 0.717) is 15.1 Å². The van der Waals surface area contributed by atoms with Crippen LogP contribution in [0.5, 0.6) is 5.75 Å². The molecule has 0 spiro atoms. The van der Waals surface area contributed by atoms with E-state index in [1.165, 1.54) is 39.5 Å². The number of hydrogen-bond acceptors (Lipinski definition) is 3. The summed E-state index contributed by atoms with van der Waals surface area (Å²) in [6.07, 6.45) is 7.03. The molecule has 2 atom stereocenters. The first-order valence-corrected chi connectivity index (χ1v) is 17.8. The SMILES string of the molecule is CCCCCC(CC)(Pc1ccc(F)cc1CNC(C)(C)C)c1cc(Cc2ccccc2)cc(Cc2ccccc2)c1OCOC. The van der Waals surface area contributed by atoms with Crippen molar-refractivity contribution < 1.29 is 13.9 Å². The lowest BCUT2D eigenvalue weighted by Crippen LogP contribution is -2.36. The van der Waals surface area contributed by atoms with Crippen LogP contribution in [0.1, 0.15) is 100 Å². The fourth-order valence-corrected chi connectivity index (χ4v) is 7.93. The van der Waals surface area contributed by atoms with Gasteiger partial charge in [-0.2, -0.15) is 0 Å². The van der Waals surface area contributed by atoms with Gasteiger partial charge in [0, 0.05) is 36.3 Å². The van der Waals surface area contributed by atoms with Crippen molar-refractivity contribution in [1.29, 1.82) is 0 Å². The number of halogens is 1. The third-order valence-corrected chi connectivity index (χ3v) is 10.7. The lowest BCUT2D eigenvalue weighted by atomic mass is 9.84. The zero-order valence-electron chi connectivity index (χ0n) is 28.7. The first kappa shape index (κ1) is 35.8. The summed E-state index contributed by atoms with van der Waals surface area (Å²) in [5.41, 5.74) is 7.20. The molecular weight excluding hydrogens is 588 g/mol. The largest absolute Gasteiger partial charge is 0.467 e. The van der Waals surface area contributed by atoms with Gasteiger partial charge >= 0.3 is 0 Å². The summed E-state index contributed by atoms with van der Waals surface area (Å²) in [6, 6.07) is 31.5. The second-order valence-corrected chi connectivity index (χ2v) is 15.2. The number of ether oxygens (including phenoxy) is 2. The molecule has 0 radical (unpaired) electrons. The van der Waals surface area contributed by atoms with Crippen molar-refractivity contribution in [2.75, 3.05) is 13.9 Å². The number of benzene rings is 4. The van der Waals surface area contributed by atoms with Crippen LogP contribution in [0.4, 0.5) is 4.39 Å². The number of hydrogen-bond donors (Lipinski definition) is 1. The van der Waals surface area contributed by atoms with Crippen LogP contribution in [0.2, 0.25) is 0 Å². The monoisotopic (exact) mass is 641 g/mol. The van der Waals surface area contributed by atoms with Crippen molar-refractivity contribution in [3.63, 3.8) is 0 Å². The molecule has 0 bridgehead atoms. The van der Waals surface area contributed by atoms with Gasteiger partial charge in [0.15, 0.2) is 6.79 Å². The van der Waals surface area contributed by atoms with Crippen LogP contribution in [0.25, 0.3) is 0 Å². The van der Waals surface area contributed by atoms with E-state index >= 15 is 0 Å². The Balaban J connectivity index is 1.92. The smallest absolute Gasteiger partial charge is 0.188 e. The van der Waals surface area contributed by atoms with E-state index in [9.17, 15) is 4.39 Å². The van der Waals surface area contributed by atoms with Gasteiger partial charge in [-0.05, 0) is 85.3 Å². The van der Waals surface area contributed by atoms with Crippen LogP contribution >= 0.6 is 8.58 Å². The molecule has 0 fully saturated rings. The minimum atomic E-state index is -0.190. The van der Waals surface area contributed by atoms with Crippen molar-refractivity contribution >= 4 is 13.9 Å². The summed E-state index contributed by atoms with van der Waals surface area (Å²) in [5.74, 6) is 0.747. The molecule has 46 heavy (non-hydrogen) atoms. The van der Waals surface area contributed by atoms with Crippen LogP contribution in [-0.4, -0.2) is 19.4 Å². The number of rotatable bonds is 17. The van der Waals surface area contributed by atoms with E-state index in [4.69, 9.17) is 9.47 Å². The van der Waals surface area contributed by atoms with Gasteiger partial charge in [0.1, 0.15) is 11.6 Å². The van der Waals surface area contributed by atoms with Gasteiger partial charge in [-0.25, -0.2) is 4.39 Å². The van der Waals surface area contributed by atoms with Crippen molar-refractivity contribution in [2.45, 2.75) is 96.8 Å². The summed E-state index contributed by atoms with van der Waals surface area (Å²) in [6.45, 7) is 11.8. The van der Waals surface area contributed by atoms with Gasteiger partial charge in [0.25, 0.3) is 0 Å². The van der Waals surface area contributed by atoms with Gasteiger partial charge < -0.3 is 14.8 Å². The Bertz CT molecular complexity index is 1500. The van der Waals surface area contributed by atoms with Crippen LogP contribution in [0, 0.1) is 5.82 Å². The van der Waals surface area contributed by atoms with E-state index in [0.717, 1.165) is 49.8 Å². The predicted octanol–water partition coefficient (Wildman–Crippen LogP) is 10.1. The Morgan fingerprint density at radius 1 is 0.761 bits per heavy atom. The molecule has 4 aromatic carbocycles. The fourth-order valence-electron chi connectivity index (χ4n) is 6.12. The standard InChI is InChI=1S/C41H53FNO2P/c1-7-9-16-23-41(8-2,46-38-22-21-36(42)28-35(38)29-43-40(3,4)5)37-27-33(24-31-17-12-10-13-18-31)26-34(39(37)45-30-44-6)25-32-19-14-11-15-20-32/h10-15,17-22,26-28,43,46H,7-9,16,23-25,29-30H2,1-6H3. The molecule has 4 rings (SSSR count). The van der Waals surface area contributed by atoms with Crippen LogP contribution in [0.15, 0.2) is 91.0 Å². The molecule has 0 heterocycles.